The average Bonchev–Trinajstić information content (AvgIpc) is 2.96. The van der Waals surface area contributed by atoms with Crippen LogP contribution in [-0.4, -0.2) is 65.0 Å². The minimum Gasteiger partial charge on any atom is -0.506 e. The van der Waals surface area contributed by atoms with Crippen LogP contribution in [0.25, 0.3) is 21.8 Å². The smallest absolute Gasteiger partial charge is 0.296 e. The summed E-state index contributed by atoms with van der Waals surface area (Å²) < 4.78 is 101. The number of phenols is 2. The summed E-state index contributed by atoms with van der Waals surface area (Å²) in [6.45, 7) is 0. The summed E-state index contributed by atoms with van der Waals surface area (Å²) in [6, 6.07) is 8.37. The molecule has 0 bridgehead atoms. The second-order valence-corrected chi connectivity index (χ2v) is 14.3. The van der Waals surface area contributed by atoms with Crippen molar-refractivity contribution in [2.75, 3.05) is 5.32 Å². The summed E-state index contributed by atoms with van der Waals surface area (Å²) in [7, 11) is -15.2. The van der Waals surface area contributed by atoms with Crippen molar-refractivity contribution < 1.29 is 53.9 Å². The van der Waals surface area contributed by atoms with E-state index in [0.29, 0.717) is 18.2 Å². The number of hydrogen-bond donors (Lipinski definition) is 6. The third kappa shape index (κ3) is 6.94. The van der Waals surface area contributed by atoms with Crippen molar-refractivity contribution >= 4 is 98.3 Å². The van der Waals surface area contributed by atoms with Gasteiger partial charge in [0.2, 0.25) is 0 Å². The van der Waals surface area contributed by atoms with Crippen LogP contribution in [0.5, 0.6) is 11.5 Å². The number of amides is 1. The summed E-state index contributed by atoms with van der Waals surface area (Å²) in [4.78, 5) is 18.4. The maximum absolute atomic E-state index is 13.2. The van der Waals surface area contributed by atoms with Crippen molar-refractivity contribution in [3.63, 3.8) is 0 Å². The first-order valence-electron chi connectivity index (χ1n) is 12.2. The van der Waals surface area contributed by atoms with Gasteiger partial charge in [-0.3, -0.25) is 18.5 Å². The summed E-state index contributed by atoms with van der Waals surface area (Å²) in [5.41, 5.74) is -1.91. The Morgan fingerprint density at radius 2 is 1.34 bits per heavy atom. The predicted molar refractivity (Wildman–Crippen MR) is 165 cm³/mol. The van der Waals surface area contributed by atoms with E-state index >= 15 is 0 Å². The van der Waals surface area contributed by atoms with Gasteiger partial charge in [0.25, 0.3) is 36.3 Å². The third-order valence-electron chi connectivity index (χ3n) is 6.30. The van der Waals surface area contributed by atoms with Crippen LogP contribution in [0.1, 0.15) is 10.4 Å². The highest BCUT2D eigenvalue weighted by molar-refractivity contribution is 7.86. The minimum atomic E-state index is -5.25. The lowest BCUT2D eigenvalue weighted by Crippen LogP contribution is -2.15. The van der Waals surface area contributed by atoms with Crippen LogP contribution in [0.2, 0.25) is 10.3 Å². The summed E-state index contributed by atoms with van der Waals surface area (Å²) >= 11 is 11.8. The Kier molecular flexibility index (Phi) is 8.57. The van der Waals surface area contributed by atoms with Crippen molar-refractivity contribution in [3.05, 3.63) is 70.5 Å². The first-order valence-corrected chi connectivity index (χ1v) is 17.3. The van der Waals surface area contributed by atoms with Gasteiger partial charge < -0.3 is 15.5 Å². The van der Waals surface area contributed by atoms with Gasteiger partial charge in [-0.25, -0.2) is 9.97 Å². The Bertz CT molecular complexity index is 2550. The topological polar surface area (TPSA) is 283 Å². The van der Waals surface area contributed by atoms with E-state index in [9.17, 15) is 53.9 Å². The number of benzene rings is 4. The van der Waals surface area contributed by atoms with Crippen molar-refractivity contribution in [3.8, 4) is 11.5 Å². The van der Waals surface area contributed by atoms with Gasteiger partial charge in [0.15, 0.2) is 16.1 Å². The number of nitrogens with one attached hydrogen (secondary N) is 1. The van der Waals surface area contributed by atoms with E-state index in [2.05, 4.69) is 25.5 Å². The zero-order valence-electron chi connectivity index (χ0n) is 22.6. The molecule has 5 rings (SSSR count). The van der Waals surface area contributed by atoms with Gasteiger partial charge in [0, 0.05) is 10.9 Å². The van der Waals surface area contributed by atoms with Crippen LogP contribution in [-0.2, 0) is 30.4 Å². The number of hydrogen-bond acceptors (Lipinski definition) is 13. The molecule has 0 saturated heterocycles. The van der Waals surface area contributed by atoms with E-state index in [1.807, 2.05) is 0 Å². The largest absolute Gasteiger partial charge is 0.506 e. The monoisotopic (exact) mass is 743 g/mol. The Morgan fingerprint density at radius 1 is 0.723 bits per heavy atom. The Balaban J connectivity index is 1.67. The van der Waals surface area contributed by atoms with Crippen LogP contribution < -0.4 is 5.32 Å². The number of nitrogens with zero attached hydrogens (tertiary/aromatic N) is 4. The fourth-order valence-electron chi connectivity index (χ4n) is 4.17. The van der Waals surface area contributed by atoms with Crippen molar-refractivity contribution in [1.82, 2.24) is 9.97 Å². The molecule has 17 nitrogen and oxygen atoms in total. The van der Waals surface area contributed by atoms with E-state index < -0.39 is 90.3 Å². The number of azo groups is 1. The van der Waals surface area contributed by atoms with Crippen LogP contribution in [0.15, 0.2) is 79.5 Å². The van der Waals surface area contributed by atoms with Gasteiger partial charge in [-0.2, -0.15) is 25.3 Å². The van der Waals surface area contributed by atoms with E-state index in [4.69, 9.17) is 23.2 Å². The van der Waals surface area contributed by atoms with Gasteiger partial charge in [-0.15, -0.1) is 10.2 Å². The molecule has 0 radical (unpaired) electrons. The van der Waals surface area contributed by atoms with Crippen LogP contribution >= 0.6 is 23.2 Å². The molecule has 0 saturated carbocycles. The van der Waals surface area contributed by atoms with E-state index in [1.165, 1.54) is 18.2 Å². The van der Waals surface area contributed by atoms with Gasteiger partial charge in [-0.05, 0) is 60.0 Å². The molecular weight excluding hydrogens is 729 g/mol. The van der Waals surface area contributed by atoms with Crippen molar-refractivity contribution in [1.29, 1.82) is 0 Å². The number of carbonyl (C=O) groups excluding carboxylic acids is 1. The molecule has 0 spiro atoms. The SMILES string of the molecule is O=C(Nc1cc2c(O)c(N=Nc3cc(S(=O)(=O)O)ccc3O)c(S(=O)(=O)O)cc2cc1S(=O)(=O)O)c1ccc2nc(Cl)c(Cl)nc2c1. The standard InChI is InChI=1S/C25H15Cl2N5O12S3/c26-23-24(27)29-15-5-10(1-3-14(15)28-23)25(35)30-17-9-13-11(6-19(17)46(39,40)41)7-20(47(42,43)44)21(22(13)34)32-31-16-8-12(45(36,37)38)2-4-18(16)33/h1-9,33-34H,(H,30,35)(H,36,37,38)(H,39,40,41)(H,42,43,44). The van der Waals surface area contributed by atoms with E-state index in [-0.39, 0.29) is 26.9 Å². The zero-order valence-corrected chi connectivity index (χ0v) is 26.5. The molecule has 4 aromatic carbocycles. The summed E-state index contributed by atoms with van der Waals surface area (Å²) in [5.74, 6) is -2.70. The van der Waals surface area contributed by atoms with Crippen molar-refractivity contribution in [2.45, 2.75) is 14.7 Å². The molecule has 47 heavy (non-hydrogen) atoms. The molecule has 22 heteroatoms. The molecule has 0 aliphatic heterocycles. The van der Waals surface area contributed by atoms with E-state index in [0.717, 1.165) is 18.2 Å². The first-order chi connectivity index (χ1) is 21.7. The Hall–Kier alpha value is -4.54. The van der Waals surface area contributed by atoms with Gasteiger partial charge in [-0.1, -0.05) is 23.2 Å². The van der Waals surface area contributed by atoms with Crippen LogP contribution in [0, 0.1) is 0 Å². The molecule has 0 fully saturated rings. The normalized spacial score (nSPS) is 12.6. The molecule has 0 unspecified atom stereocenters. The molecule has 6 N–H and O–H groups in total. The molecule has 1 aromatic heterocycles. The zero-order chi connectivity index (χ0) is 34.6. The summed E-state index contributed by atoms with van der Waals surface area (Å²) in [5, 5.41) is 29.4. The number of anilines is 1. The van der Waals surface area contributed by atoms with Gasteiger partial charge >= 0.3 is 0 Å². The lowest BCUT2D eigenvalue weighted by Gasteiger charge is -2.14. The lowest BCUT2D eigenvalue weighted by atomic mass is 10.1. The third-order valence-corrected chi connectivity index (χ3v) is 9.54. The molecule has 1 amide bonds. The second kappa shape index (κ2) is 11.9. The number of fused-ring (bicyclic) bond motifs is 2. The second-order valence-electron chi connectivity index (χ2n) is 9.38. The molecule has 0 aliphatic carbocycles. The highest BCUT2D eigenvalue weighted by atomic mass is 35.5. The fraction of sp³-hybridized carbons (Fsp3) is 0. The Morgan fingerprint density at radius 3 is 1.96 bits per heavy atom. The van der Waals surface area contributed by atoms with Crippen LogP contribution in [0.3, 0.4) is 0 Å². The van der Waals surface area contributed by atoms with Crippen molar-refractivity contribution in [2.24, 2.45) is 10.2 Å². The van der Waals surface area contributed by atoms with Gasteiger partial charge in [0.05, 0.1) is 21.6 Å². The number of aromatic nitrogens is 2. The molecule has 5 aromatic rings. The lowest BCUT2D eigenvalue weighted by molar-refractivity contribution is 0.102. The van der Waals surface area contributed by atoms with Crippen LogP contribution in [0.4, 0.5) is 17.1 Å². The molecule has 244 valence electrons. The maximum Gasteiger partial charge on any atom is 0.296 e. The number of phenolic OH excluding ortho intramolecular Hbond substituents is 2. The number of aromatic hydroxyl groups is 2. The number of rotatable bonds is 7. The minimum absolute atomic E-state index is 0.0929. The number of halogens is 2. The van der Waals surface area contributed by atoms with E-state index in [1.54, 1.807) is 0 Å². The maximum atomic E-state index is 13.2. The molecule has 1 heterocycles. The fourth-order valence-corrected chi connectivity index (χ4v) is 6.26. The summed E-state index contributed by atoms with van der Waals surface area (Å²) in [6.07, 6.45) is 0. The predicted octanol–water partition coefficient (Wildman–Crippen LogP) is 4.91. The van der Waals surface area contributed by atoms with Gasteiger partial charge in [0.1, 0.15) is 26.9 Å². The highest BCUT2D eigenvalue weighted by Crippen LogP contribution is 2.44. The highest BCUT2D eigenvalue weighted by Gasteiger charge is 2.26. The molecule has 0 atom stereocenters. The number of carbonyl (C=O) groups is 1. The quantitative estimate of drug-likeness (QED) is 0.0954. The molecular formula is C25H15Cl2N5O12S3. The Labute approximate surface area is 273 Å². The first kappa shape index (κ1) is 33.8. The average molecular weight is 745 g/mol. The molecule has 0 aliphatic rings.